The summed E-state index contributed by atoms with van der Waals surface area (Å²) in [6, 6.07) is 12.0. The van der Waals surface area contributed by atoms with Crippen molar-refractivity contribution in [2.75, 3.05) is 32.7 Å². The Hall–Kier alpha value is -4.71. The van der Waals surface area contributed by atoms with Gasteiger partial charge in [-0.3, -0.25) is 19.0 Å². The van der Waals surface area contributed by atoms with Gasteiger partial charge < -0.3 is 24.2 Å². The van der Waals surface area contributed by atoms with Crippen molar-refractivity contribution in [1.82, 2.24) is 4.57 Å². The molecule has 11 nitrogen and oxygen atoms in total. The van der Waals surface area contributed by atoms with Crippen LogP contribution in [0.4, 0.5) is 5.69 Å². The second-order valence-electron chi connectivity index (χ2n) is 9.31. The number of hydrogen-bond donors (Lipinski definition) is 1. The van der Waals surface area contributed by atoms with E-state index in [2.05, 4.69) is 4.99 Å². The molecule has 1 N–H and O–H groups in total. The zero-order valence-electron chi connectivity index (χ0n) is 24.5. The van der Waals surface area contributed by atoms with E-state index in [1.54, 1.807) is 32.0 Å². The number of methoxy groups -OCH3 is 1. The molecule has 0 radical (unpaired) electrons. The predicted molar refractivity (Wildman–Crippen MR) is 159 cm³/mol. The van der Waals surface area contributed by atoms with Gasteiger partial charge in [0.25, 0.3) is 11.5 Å². The average molecular weight is 596 g/mol. The minimum Gasteiger partial charge on any atom is -0.493 e. The summed E-state index contributed by atoms with van der Waals surface area (Å²) in [6.07, 6.45) is 1.81. The first-order chi connectivity index (χ1) is 19.9. The van der Waals surface area contributed by atoms with Gasteiger partial charge in [0.2, 0.25) is 0 Å². The maximum atomic E-state index is 13.8. The van der Waals surface area contributed by atoms with E-state index in [9.17, 15) is 14.4 Å². The van der Waals surface area contributed by atoms with Crippen LogP contribution in [0, 0.1) is 0 Å². The van der Waals surface area contributed by atoms with E-state index < -0.39 is 23.9 Å². The van der Waals surface area contributed by atoms with Crippen LogP contribution < -0.4 is 29.3 Å². The fraction of sp³-hybridized carbons (Fsp3) is 0.300. The normalized spacial score (nSPS) is 14.2. The van der Waals surface area contributed by atoms with Gasteiger partial charge in [-0.15, -0.1) is 0 Å². The van der Waals surface area contributed by atoms with Crippen molar-refractivity contribution >= 4 is 41.0 Å². The minimum atomic E-state index is -0.833. The molecule has 1 unspecified atom stereocenters. The number of carboxylic acid groups (broad SMARTS) is 1. The summed E-state index contributed by atoms with van der Waals surface area (Å²) >= 11 is 1.25. The highest BCUT2D eigenvalue weighted by molar-refractivity contribution is 7.07. The number of aliphatic carboxylic acids is 1. The molecule has 0 fully saturated rings. The maximum Gasteiger partial charge on any atom is 0.338 e. The summed E-state index contributed by atoms with van der Waals surface area (Å²) in [5, 5.41) is 7.42. The van der Waals surface area contributed by atoms with Gasteiger partial charge in [0.05, 0.1) is 35.6 Å². The molecule has 1 aliphatic rings. The molecular weight excluding hydrogens is 562 g/mol. The fourth-order valence-electron chi connectivity index (χ4n) is 4.22. The Labute approximate surface area is 246 Å². The highest BCUT2D eigenvalue weighted by atomic mass is 32.1. The first-order valence-electron chi connectivity index (χ1n) is 12.9. The monoisotopic (exact) mass is 595 g/mol. The van der Waals surface area contributed by atoms with E-state index in [0.29, 0.717) is 26.3 Å². The number of hydrogen-bond acceptors (Lipinski definition) is 10. The second kappa shape index (κ2) is 13.8. The van der Waals surface area contributed by atoms with E-state index in [4.69, 9.17) is 24.1 Å². The molecule has 3 aromatic rings. The third kappa shape index (κ3) is 7.32. The van der Waals surface area contributed by atoms with Crippen LogP contribution in [0.25, 0.3) is 6.08 Å². The van der Waals surface area contributed by atoms with E-state index in [1.807, 2.05) is 49.3 Å². The van der Waals surface area contributed by atoms with Crippen molar-refractivity contribution in [3.05, 3.63) is 84.5 Å². The number of aromatic nitrogens is 1. The lowest BCUT2D eigenvalue weighted by molar-refractivity contribution is -0.139. The molecule has 2 heterocycles. The molecule has 0 amide bonds. The van der Waals surface area contributed by atoms with Gasteiger partial charge in [0, 0.05) is 33.6 Å². The van der Waals surface area contributed by atoms with E-state index in [0.717, 1.165) is 18.2 Å². The predicted octanol–water partition coefficient (Wildman–Crippen LogP) is 2.89. The smallest absolute Gasteiger partial charge is 0.338 e. The number of rotatable bonds is 7. The van der Waals surface area contributed by atoms with E-state index in [1.165, 1.54) is 29.9 Å². The molecule has 222 valence electrons. The Bertz CT molecular complexity index is 1700. The molecule has 12 heteroatoms. The van der Waals surface area contributed by atoms with Crippen LogP contribution >= 0.6 is 11.3 Å². The minimum absolute atomic E-state index is 0.171. The van der Waals surface area contributed by atoms with Gasteiger partial charge in [0.1, 0.15) is 0 Å². The van der Waals surface area contributed by atoms with Crippen molar-refractivity contribution in [3.63, 3.8) is 0 Å². The van der Waals surface area contributed by atoms with Gasteiger partial charge in [-0.25, -0.2) is 9.79 Å². The largest absolute Gasteiger partial charge is 0.493 e. The standard InChI is InChI=1S/C28H29N3O6S.C2H4O2/c1-7-36-27(34)24-16(2)29-28-31(25(24)19-10-13-21(37-17(3)32)22(15-19)35-6)26(33)23(38-28)14-18-8-11-20(12-9-18)30(4)5;1-2(3)4/h8-15,25H,7H2,1-6H3;1H3,(H,3,4)/b23-14+;. The molecule has 2 aromatic carbocycles. The number of anilines is 1. The number of carbonyl (C=O) groups excluding carboxylic acids is 2. The lowest BCUT2D eigenvalue weighted by atomic mass is 9.95. The summed E-state index contributed by atoms with van der Waals surface area (Å²) in [4.78, 5) is 54.5. The average Bonchev–Trinajstić information content (AvgIpc) is 3.22. The van der Waals surface area contributed by atoms with Crippen molar-refractivity contribution in [2.45, 2.75) is 33.7 Å². The van der Waals surface area contributed by atoms with Gasteiger partial charge >= 0.3 is 11.9 Å². The summed E-state index contributed by atoms with van der Waals surface area (Å²) in [6.45, 7) is 5.99. The van der Waals surface area contributed by atoms with Crippen LogP contribution in [-0.4, -0.2) is 55.4 Å². The van der Waals surface area contributed by atoms with Crippen molar-refractivity contribution in [1.29, 1.82) is 0 Å². The number of esters is 2. The molecule has 1 aromatic heterocycles. The van der Waals surface area contributed by atoms with Gasteiger partial charge in [-0.1, -0.05) is 29.5 Å². The zero-order chi connectivity index (χ0) is 31.1. The Morgan fingerprint density at radius 3 is 2.29 bits per heavy atom. The van der Waals surface area contributed by atoms with Crippen LogP contribution in [0.3, 0.4) is 0 Å². The number of carbonyl (C=O) groups is 3. The summed E-state index contributed by atoms with van der Waals surface area (Å²) < 4.78 is 18.0. The highest BCUT2D eigenvalue weighted by Gasteiger charge is 2.34. The number of benzene rings is 2. The van der Waals surface area contributed by atoms with Crippen molar-refractivity contribution in [2.24, 2.45) is 4.99 Å². The number of nitrogens with zero attached hydrogens (tertiary/aromatic N) is 3. The van der Waals surface area contributed by atoms with Crippen molar-refractivity contribution in [3.8, 4) is 11.5 Å². The SMILES string of the molecule is CC(=O)O.CCOC(=O)C1=C(C)N=c2s/c(=C/c3ccc(N(C)C)cc3)c(=O)n2C1c1ccc(OC(C)=O)c(OC)c1. The zero-order valence-corrected chi connectivity index (χ0v) is 25.3. The number of fused-ring (bicyclic) bond motifs is 1. The quantitative estimate of drug-likeness (QED) is 0.323. The van der Waals surface area contributed by atoms with Crippen LogP contribution in [0.5, 0.6) is 11.5 Å². The molecule has 0 aliphatic carbocycles. The molecule has 0 saturated heterocycles. The third-order valence-electron chi connectivity index (χ3n) is 5.98. The molecular formula is C30H33N3O8S. The summed E-state index contributed by atoms with van der Waals surface area (Å²) in [5.41, 5.74) is 2.92. The van der Waals surface area contributed by atoms with E-state index >= 15 is 0 Å². The topological polar surface area (TPSA) is 137 Å². The van der Waals surface area contributed by atoms with Gasteiger partial charge in [-0.2, -0.15) is 0 Å². The lowest BCUT2D eigenvalue weighted by Crippen LogP contribution is -2.40. The number of carboxylic acids is 1. The number of ether oxygens (including phenoxy) is 3. The highest BCUT2D eigenvalue weighted by Crippen LogP contribution is 2.36. The number of thiazole rings is 1. The molecule has 1 atom stereocenters. The first-order valence-corrected chi connectivity index (χ1v) is 13.7. The van der Waals surface area contributed by atoms with Crippen LogP contribution in [0.1, 0.15) is 44.9 Å². The summed E-state index contributed by atoms with van der Waals surface area (Å²) in [5.74, 6) is -1.37. The molecule has 0 bridgehead atoms. The molecule has 42 heavy (non-hydrogen) atoms. The Kier molecular flexibility index (Phi) is 10.4. The number of allylic oxidation sites excluding steroid dienone is 1. The lowest BCUT2D eigenvalue weighted by Gasteiger charge is -2.25. The van der Waals surface area contributed by atoms with E-state index in [-0.39, 0.29) is 23.5 Å². The molecule has 0 saturated carbocycles. The summed E-state index contributed by atoms with van der Waals surface area (Å²) in [7, 11) is 5.38. The van der Waals surface area contributed by atoms with Crippen molar-refractivity contribution < 1.29 is 33.7 Å². The molecule has 4 rings (SSSR count). The second-order valence-corrected chi connectivity index (χ2v) is 10.3. The van der Waals surface area contributed by atoms with Crippen LogP contribution in [0.15, 0.2) is 63.5 Å². The van der Waals surface area contributed by atoms with Gasteiger partial charge in [-0.05, 0) is 55.3 Å². The third-order valence-corrected chi connectivity index (χ3v) is 6.96. The van der Waals surface area contributed by atoms with Crippen LogP contribution in [-0.2, 0) is 19.1 Å². The van der Waals surface area contributed by atoms with Crippen LogP contribution in [0.2, 0.25) is 0 Å². The molecule has 0 spiro atoms. The Balaban J connectivity index is 0.00000114. The fourth-order valence-corrected chi connectivity index (χ4v) is 5.27. The Morgan fingerprint density at radius 2 is 1.74 bits per heavy atom. The van der Waals surface area contributed by atoms with Gasteiger partial charge in [0.15, 0.2) is 16.3 Å². The first kappa shape index (κ1) is 31.8. The Morgan fingerprint density at radius 1 is 1.10 bits per heavy atom. The molecule has 1 aliphatic heterocycles. The maximum absolute atomic E-state index is 13.8.